The molecule has 0 spiro atoms. The summed E-state index contributed by atoms with van der Waals surface area (Å²) in [6.07, 6.45) is -5.13. The van der Waals surface area contributed by atoms with Crippen LogP contribution in [0.15, 0.2) is 16.6 Å². The summed E-state index contributed by atoms with van der Waals surface area (Å²) < 4.78 is 36.5. The highest BCUT2D eigenvalue weighted by Gasteiger charge is 2.39. The first-order valence-corrected chi connectivity index (χ1v) is 5.40. The molecule has 0 heterocycles. The quantitative estimate of drug-likeness (QED) is 0.863. The smallest absolute Gasteiger partial charge is 0.471 e. The van der Waals surface area contributed by atoms with E-state index in [4.69, 9.17) is 16.7 Å². The second kappa shape index (κ2) is 5.15. The van der Waals surface area contributed by atoms with Crippen LogP contribution in [0, 0.1) is 0 Å². The molecule has 0 atom stereocenters. The predicted molar refractivity (Wildman–Crippen MR) is 60.8 cm³/mol. The lowest BCUT2D eigenvalue weighted by Crippen LogP contribution is -2.30. The summed E-state index contributed by atoms with van der Waals surface area (Å²) in [6.45, 7) is 0. The molecule has 0 aliphatic rings. The number of anilines is 1. The van der Waals surface area contributed by atoms with E-state index in [1.165, 1.54) is 11.4 Å². The Bertz CT molecular complexity index is 519. The highest BCUT2D eigenvalue weighted by atomic mass is 79.9. The van der Waals surface area contributed by atoms with E-state index in [1.807, 2.05) is 0 Å². The summed E-state index contributed by atoms with van der Waals surface area (Å²) in [5.74, 6) is -3.81. The number of alkyl halides is 3. The summed E-state index contributed by atoms with van der Waals surface area (Å²) in [5.41, 5.74) is -1.15. The highest BCUT2D eigenvalue weighted by Crippen LogP contribution is 2.31. The first-order valence-electron chi connectivity index (χ1n) is 4.23. The predicted octanol–water partition coefficient (Wildman–Crippen LogP) is 3.30. The number of nitrogens with one attached hydrogen (secondary N) is 1. The number of hydrogen-bond donors (Lipinski definition) is 2. The maximum Gasteiger partial charge on any atom is 0.471 e. The van der Waals surface area contributed by atoms with Crippen molar-refractivity contribution in [2.45, 2.75) is 6.18 Å². The number of carboxylic acids is 1. The van der Waals surface area contributed by atoms with Crippen LogP contribution in [0.4, 0.5) is 18.9 Å². The van der Waals surface area contributed by atoms with Crippen LogP contribution in [0.2, 0.25) is 5.02 Å². The lowest BCUT2D eigenvalue weighted by atomic mass is 10.1. The van der Waals surface area contributed by atoms with Crippen molar-refractivity contribution in [2.75, 3.05) is 5.32 Å². The second-order valence-corrected chi connectivity index (χ2v) is 4.39. The molecule has 0 saturated heterocycles. The number of benzene rings is 1. The number of carbonyl (C=O) groups is 2. The van der Waals surface area contributed by atoms with Crippen LogP contribution >= 0.6 is 27.5 Å². The second-order valence-electron chi connectivity index (χ2n) is 3.07. The molecular weight excluding hydrogens is 342 g/mol. The van der Waals surface area contributed by atoms with Gasteiger partial charge in [0.1, 0.15) is 0 Å². The third kappa shape index (κ3) is 3.36. The molecule has 0 fully saturated rings. The van der Waals surface area contributed by atoms with Crippen LogP contribution in [0.1, 0.15) is 10.4 Å². The standard InChI is InChI=1S/C9H4BrClF3NO3/c10-3-1-4(7(16)17)6(5(11)2-3)15-8(18)9(12,13)14/h1-2H,(H,15,18)(H,16,17). The zero-order valence-electron chi connectivity index (χ0n) is 8.31. The first-order chi connectivity index (χ1) is 8.12. The van der Waals surface area contributed by atoms with Gasteiger partial charge in [-0.3, -0.25) is 4.79 Å². The molecule has 0 radical (unpaired) electrons. The Balaban J connectivity index is 3.24. The van der Waals surface area contributed by atoms with Crippen LogP contribution in [0.5, 0.6) is 0 Å². The van der Waals surface area contributed by atoms with E-state index in [2.05, 4.69) is 15.9 Å². The van der Waals surface area contributed by atoms with Gasteiger partial charge in [0, 0.05) is 4.47 Å². The lowest BCUT2D eigenvalue weighted by molar-refractivity contribution is -0.167. The van der Waals surface area contributed by atoms with Gasteiger partial charge in [0.25, 0.3) is 0 Å². The van der Waals surface area contributed by atoms with Crippen molar-refractivity contribution in [3.8, 4) is 0 Å². The third-order valence-electron chi connectivity index (χ3n) is 1.78. The Morgan fingerprint density at radius 3 is 2.33 bits per heavy atom. The van der Waals surface area contributed by atoms with Gasteiger partial charge in [0.05, 0.1) is 16.3 Å². The topological polar surface area (TPSA) is 66.4 Å². The summed E-state index contributed by atoms with van der Waals surface area (Å²) >= 11 is 8.54. The molecule has 0 bridgehead atoms. The zero-order valence-corrected chi connectivity index (χ0v) is 10.7. The van der Waals surface area contributed by atoms with E-state index in [-0.39, 0.29) is 9.50 Å². The number of carbonyl (C=O) groups excluding carboxylic acids is 1. The van der Waals surface area contributed by atoms with Crippen molar-refractivity contribution in [3.05, 3.63) is 27.2 Å². The van der Waals surface area contributed by atoms with Crippen molar-refractivity contribution in [2.24, 2.45) is 0 Å². The van der Waals surface area contributed by atoms with Crippen molar-refractivity contribution in [1.82, 2.24) is 0 Å². The number of aromatic carboxylic acids is 1. The minimum absolute atomic E-state index is 0.259. The molecule has 0 aliphatic heterocycles. The molecule has 0 aliphatic carbocycles. The Labute approximate surface area is 112 Å². The number of amides is 1. The third-order valence-corrected chi connectivity index (χ3v) is 2.54. The monoisotopic (exact) mass is 345 g/mol. The maximum absolute atomic E-state index is 12.1. The summed E-state index contributed by atoms with van der Waals surface area (Å²) in [4.78, 5) is 21.6. The number of rotatable bonds is 2. The zero-order chi connectivity index (χ0) is 14.1. The fourth-order valence-corrected chi connectivity index (χ4v) is 1.91. The van der Waals surface area contributed by atoms with E-state index in [9.17, 15) is 22.8 Å². The average Bonchev–Trinajstić information content (AvgIpc) is 2.19. The summed E-state index contributed by atoms with van der Waals surface area (Å²) in [7, 11) is 0. The molecule has 4 nitrogen and oxygen atoms in total. The fourth-order valence-electron chi connectivity index (χ4n) is 1.05. The van der Waals surface area contributed by atoms with Gasteiger partial charge in [0.15, 0.2) is 0 Å². The van der Waals surface area contributed by atoms with Gasteiger partial charge < -0.3 is 10.4 Å². The maximum atomic E-state index is 12.1. The normalized spacial score (nSPS) is 11.2. The van der Waals surface area contributed by atoms with Crippen LogP contribution in [-0.4, -0.2) is 23.2 Å². The molecule has 9 heteroatoms. The van der Waals surface area contributed by atoms with Gasteiger partial charge in [-0.05, 0) is 12.1 Å². The molecule has 1 aromatic carbocycles. The fraction of sp³-hybridized carbons (Fsp3) is 0.111. The van der Waals surface area contributed by atoms with Crippen LogP contribution < -0.4 is 5.32 Å². The largest absolute Gasteiger partial charge is 0.478 e. The lowest BCUT2D eigenvalue weighted by Gasteiger charge is -2.12. The molecule has 0 aromatic heterocycles. The number of hydrogen-bond acceptors (Lipinski definition) is 2. The summed E-state index contributed by atoms with van der Waals surface area (Å²) in [5, 5.41) is 9.93. The summed E-state index contributed by atoms with van der Waals surface area (Å²) in [6, 6.07) is 2.19. The highest BCUT2D eigenvalue weighted by molar-refractivity contribution is 9.10. The number of halogens is 5. The van der Waals surface area contributed by atoms with Crippen molar-refractivity contribution >= 4 is 45.1 Å². The van der Waals surface area contributed by atoms with E-state index in [1.54, 1.807) is 0 Å². The van der Waals surface area contributed by atoms with Gasteiger partial charge in [-0.15, -0.1) is 0 Å². The van der Waals surface area contributed by atoms with Crippen molar-refractivity contribution in [3.63, 3.8) is 0 Å². The van der Waals surface area contributed by atoms with Gasteiger partial charge >= 0.3 is 18.1 Å². The van der Waals surface area contributed by atoms with Gasteiger partial charge in [-0.25, -0.2) is 4.79 Å². The molecule has 1 aromatic rings. The first kappa shape index (κ1) is 14.8. The Kier molecular flexibility index (Phi) is 4.23. The molecule has 2 N–H and O–H groups in total. The van der Waals surface area contributed by atoms with Gasteiger partial charge in [-0.1, -0.05) is 27.5 Å². The molecular formula is C9H4BrClF3NO3. The molecule has 98 valence electrons. The minimum atomic E-state index is -5.13. The molecule has 0 unspecified atom stereocenters. The van der Waals surface area contributed by atoms with Crippen molar-refractivity contribution in [1.29, 1.82) is 0 Å². The average molecular weight is 346 g/mol. The van der Waals surface area contributed by atoms with Gasteiger partial charge in [0.2, 0.25) is 0 Å². The van der Waals surface area contributed by atoms with Crippen LogP contribution in [0.25, 0.3) is 0 Å². The van der Waals surface area contributed by atoms with E-state index in [0.29, 0.717) is 0 Å². The molecule has 0 saturated carbocycles. The van der Waals surface area contributed by atoms with E-state index in [0.717, 1.165) is 6.07 Å². The number of carboxylic acid groups (broad SMARTS) is 1. The van der Waals surface area contributed by atoms with Crippen molar-refractivity contribution < 1.29 is 27.9 Å². The Hall–Kier alpha value is -1.28. The minimum Gasteiger partial charge on any atom is -0.478 e. The Morgan fingerprint density at radius 2 is 1.89 bits per heavy atom. The Morgan fingerprint density at radius 1 is 1.33 bits per heavy atom. The molecule has 1 rings (SSSR count). The van der Waals surface area contributed by atoms with E-state index >= 15 is 0 Å². The SMILES string of the molecule is O=C(O)c1cc(Br)cc(Cl)c1NC(=O)C(F)(F)F. The molecule has 18 heavy (non-hydrogen) atoms. The van der Waals surface area contributed by atoms with E-state index < -0.39 is 29.3 Å². The van der Waals surface area contributed by atoms with Crippen LogP contribution in [-0.2, 0) is 4.79 Å². The molecule has 1 amide bonds. The van der Waals surface area contributed by atoms with Gasteiger partial charge in [-0.2, -0.15) is 13.2 Å². The van der Waals surface area contributed by atoms with Crippen LogP contribution in [0.3, 0.4) is 0 Å².